The number of para-hydroxylation sites is 1. The largest absolute Gasteiger partial charge is 0.443 e. The highest BCUT2D eigenvalue weighted by molar-refractivity contribution is 5.81. The second-order valence-corrected chi connectivity index (χ2v) is 3.10. The minimum atomic E-state index is 0.621. The molecule has 0 unspecified atom stereocenters. The van der Waals surface area contributed by atoms with Crippen molar-refractivity contribution in [1.29, 1.82) is 0 Å². The first-order chi connectivity index (χ1) is 7.34. The van der Waals surface area contributed by atoms with Crippen molar-refractivity contribution in [3.8, 4) is 5.69 Å². The second kappa shape index (κ2) is 2.88. The predicted octanol–water partition coefficient (Wildman–Crippen LogP) is 1.11. The van der Waals surface area contributed by atoms with E-state index in [1.165, 1.54) is 11.2 Å². The number of benzene rings is 1. The van der Waals surface area contributed by atoms with Crippen LogP contribution < -0.4 is 0 Å². The van der Waals surface area contributed by atoms with Crippen LogP contribution in [0.1, 0.15) is 5.82 Å². The number of oxazole rings is 1. The molecule has 0 saturated heterocycles. The molecule has 0 amide bonds. The molecule has 0 saturated carbocycles. The molecule has 3 rings (SSSR count). The number of aromatic nitrogens is 5. The van der Waals surface area contributed by atoms with Crippen LogP contribution in [0.4, 0.5) is 0 Å². The summed E-state index contributed by atoms with van der Waals surface area (Å²) in [7, 11) is 0. The maximum absolute atomic E-state index is 5.19. The molecule has 2 aromatic heterocycles. The molecule has 0 aliphatic carbocycles. The van der Waals surface area contributed by atoms with E-state index in [1.807, 2.05) is 18.2 Å². The summed E-state index contributed by atoms with van der Waals surface area (Å²) >= 11 is 0. The number of aryl methyl sites for hydroxylation is 1. The molecule has 0 spiro atoms. The molecule has 0 atom stereocenters. The first kappa shape index (κ1) is 8.10. The summed E-state index contributed by atoms with van der Waals surface area (Å²) in [5.41, 5.74) is 2.21. The van der Waals surface area contributed by atoms with Crippen molar-refractivity contribution in [2.24, 2.45) is 0 Å². The van der Waals surface area contributed by atoms with Gasteiger partial charge in [-0.25, -0.2) is 4.98 Å². The van der Waals surface area contributed by atoms with Crippen LogP contribution in [0.2, 0.25) is 0 Å². The monoisotopic (exact) mass is 201 g/mol. The maximum Gasteiger partial charge on any atom is 0.182 e. The number of hydrogen-bond donors (Lipinski definition) is 0. The minimum absolute atomic E-state index is 0.621. The van der Waals surface area contributed by atoms with E-state index in [4.69, 9.17) is 4.42 Å². The lowest BCUT2D eigenvalue weighted by Gasteiger charge is -1.97. The molecule has 0 aliphatic heterocycles. The predicted molar refractivity (Wildman–Crippen MR) is 51.5 cm³/mol. The van der Waals surface area contributed by atoms with Gasteiger partial charge in [-0.15, -0.1) is 15.0 Å². The molecule has 0 aliphatic rings. The van der Waals surface area contributed by atoms with Crippen LogP contribution in [-0.4, -0.2) is 25.2 Å². The van der Waals surface area contributed by atoms with Gasteiger partial charge in [0.1, 0.15) is 11.2 Å². The van der Waals surface area contributed by atoms with E-state index in [1.54, 1.807) is 6.92 Å². The normalized spacial score (nSPS) is 11.0. The molecule has 2 heterocycles. The summed E-state index contributed by atoms with van der Waals surface area (Å²) in [6.07, 6.45) is 1.40. The van der Waals surface area contributed by atoms with Gasteiger partial charge in [0, 0.05) is 0 Å². The fourth-order valence-corrected chi connectivity index (χ4v) is 1.42. The fraction of sp³-hybridized carbons (Fsp3) is 0.111. The van der Waals surface area contributed by atoms with Crippen molar-refractivity contribution in [2.45, 2.75) is 6.92 Å². The van der Waals surface area contributed by atoms with Gasteiger partial charge in [-0.2, -0.15) is 0 Å². The van der Waals surface area contributed by atoms with Gasteiger partial charge in [-0.05, 0) is 24.3 Å². The average Bonchev–Trinajstić information content (AvgIpc) is 2.84. The van der Waals surface area contributed by atoms with E-state index >= 15 is 0 Å². The Balaban J connectivity index is 2.30. The fourth-order valence-electron chi connectivity index (χ4n) is 1.42. The Kier molecular flexibility index (Phi) is 1.55. The number of fused-ring (bicyclic) bond motifs is 1. The van der Waals surface area contributed by atoms with Gasteiger partial charge in [0.25, 0.3) is 0 Å². The van der Waals surface area contributed by atoms with Gasteiger partial charge in [0.05, 0.1) is 0 Å². The van der Waals surface area contributed by atoms with E-state index in [0.29, 0.717) is 11.4 Å². The van der Waals surface area contributed by atoms with E-state index < -0.39 is 0 Å². The SMILES string of the molecule is Cc1nnn(-c2cccc3ocnc23)n1. The summed E-state index contributed by atoms with van der Waals surface area (Å²) in [5, 5.41) is 11.8. The highest BCUT2D eigenvalue weighted by atomic mass is 16.3. The summed E-state index contributed by atoms with van der Waals surface area (Å²) in [6.45, 7) is 1.78. The zero-order valence-electron chi connectivity index (χ0n) is 7.95. The van der Waals surface area contributed by atoms with Gasteiger partial charge in [-0.3, -0.25) is 0 Å². The standard InChI is InChI=1S/C9H7N5O/c1-6-11-13-14(12-6)7-3-2-4-8-9(7)10-5-15-8/h2-5H,1H3. The van der Waals surface area contributed by atoms with E-state index in [0.717, 1.165) is 11.2 Å². The molecule has 6 heteroatoms. The number of tetrazole rings is 1. The van der Waals surface area contributed by atoms with Crippen molar-refractivity contribution in [1.82, 2.24) is 25.2 Å². The van der Waals surface area contributed by atoms with Crippen molar-refractivity contribution >= 4 is 11.1 Å². The zero-order valence-corrected chi connectivity index (χ0v) is 7.95. The Bertz CT molecular complexity index is 612. The summed E-state index contributed by atoms with van der Waals surface area (Å²) < 4.78 is 5.19. The number of nitrogens with zero attached hydrogens (tertiary/aromatic N) is 5. The van der Waals surface area contributed by atoms with Gasteiger partial charge in [0.2, 0.25) is 0 Å². The van der Waals surface area contributed by atoms with Gasteiger partial charge < -0.3 is 4.42 Å². The highest BCUT2D eigenvalue weighted by Crippen LogP contribution is 2.18. The highest BCUT2D eigenvalue weighted by Gasteiger charge is 2.08. The first-order valence-electron chi connectivity index (χ1n) is 4.44. The third-order valence-corrected chi connectivity index (χ3v) is 2.07. The molecule has 15 heavy (non-hydrogen) atoms. The molecule has 0 bridgehead atoms. The molecule has 0 N–H and O–H groups in total. The van der Waals surface area contributed by atoms with Crippen LogP contribution >= 0.6 is 0 Å². The third kappa shape index (κ3) is 1.18. The summed E-state index contributed by atoms with van der Waals surface area (Å²) in [4.78, 5) is 5.55. The molecular weight excluding hydrogens is 194 g/mol. The minimum Gasteiger partial charge on any atom is -0.443 e. The van der Waals surface area contributed by atoms with Crippen LogP contribution in [0.15, 0.2) is 29.0 Å². The number of rotatable bonds is 1. The molecule has 1 aromatic carbocycles. The van der Waals surface area contributed by atoms with Crippen LogP contribution in [-0.2, 0) is 0 Å². The van der Waals surface area contributed by atoms with Gasteiger partial charge >= 0.3 is 0 Å². The topological polar surface area (TPSA) is 69.6 Å². The van der Waals surface area contributed by atoms with E-state index in [2.05, 4.69) is 20.4 Å². The van der Waals surface area contributed by atoms with Gasteiger partial charge in [-0.1, -0.05) is 6.07 Å². The van der Waals surface area contributed by atoms with Crippen molar-refractivity contribution < 1.29 is 4.42 Å². The lowest BCUT2D eigenvalue weighted by molar-refractivity contribution is 0.602. The van der Waals surface area contributed by atoms with Crippen molar-refractivity contribution in [2.75, 3.05) is 0 Å². The van der Waals surface area contributed by atoms with Crippen LogP contribution in [0, 0.1) is 6.92 Å². The molecule has 6 nitrogen and oxygen atoms in total. The van der Waals surface area contributed by atoms with E-state index in [9.17, 15) is 0 Å². The van der Waals surface area contributed by atoms with Crippen molar-refractivity contribution in [3.63, 3.8) is 0 Å². The Morgan fingerprint density at radius 1 is 1.33 bits per heavy atom. The Morgan fingerprint density at radius 2 is 2.27 bits per heavy atom. The van der Waals surface area contributed by atoms with Gasteiger partial charge in [0.15, 0.2) is 17.8 Å². The smallest absolute Gasteiger partial charge is 0.182 e. The zero-order chi connectivity index (χ0) is 10.3. The molecule has 0 radical (unpaired) electrons. The van der Waals surface area contributed by atoms with Crippen LogP contribution in [0.3, 0.4) is 0 Å². The third-order valence-electron chi connectivity index (χ3n) is 2.07. The summed E-state index contributed by atoms with van der Waals surface area (Å²) in [5.74, 6) is 0.621. The Hall–Kier alpha value is -2.24. The van der Waals surface area contributed by atoms with Crippen molar-refractivity contribution in [3.05, 3.63) is 30.4 Å². The first-order valence-corrected chi connectivity index (χ1v) is 4.44. The second-order valence-electron chi connectivity index (χ2n) is 3.10. The quantitative estimate of drug-likeness (QED) is 0.589. The lowest BCUT2D eigenvalue weighted by atomic mass is 10.3. The molecule has 74 valence electrons. The lowest BCUT2D eigenvalue weighted by Crippen LogP contribution is -1.99. The average molecular weight is 201 g/mol. The Labute approximate surface area is 84.5 Å². The maximum atomic E-state index is 5.19. The molecular formula is C9H7N5O. The van der Waals surface area contributed by atoms with Crippen LogP contribution in [0.25, 0.3) is 16.8 Å². The molecule has 3 aromatic rings. The number of hydrogen-bond acceptors (Lipinski definition) is 5. The van der Waals surface area contributed by atoms with Crippen LogP contribution in [0.5, 0.6) is 0 Å². The Morgan fingerprint density at radius 3 is 3.07 bits per heavy atom. The summed E-state index contributed by atoms with van der Waals surface area (Å²) in [6, 6.07) is 5.57. The molecule has 0 fully saturated rings. The van der Waals surface area contributed by atoms with E-state index in [-0.39, 0.29) is 0 Å².